The van der Waals surface area contributed by atoms with E-state index in [1.54, 1.807) is 4.90 Å². The normalized spacial score (nSPS) is 18.5. The topological polar surface area (TPSA) is 42.6 Å². The van der Waals surface area contributed by atoms with Crippen LogP contribution in [-0.2, 0) is 4.79 Å². The summed E-state index contributed by atoms with van der Waals surface area (Å²) in [4.78, 5) is 17.8. The zero-order chi connectivity index (χ0) is 25.9. The van der Waals surface area contributed by atoms with E-state index in [1.807, 2.05) is 0 Å². The molecule has 8 heteroatoms. The molecular formula is C29H33F3N4O. The van der Waals surface area contributed by atoms with Gasteiger partial charge in [0.15, 0.2) is 17.5 Å². The van der Waals surface area contributed by atoms with Gasteiger partial charge in [-0.15, -0.1) is 0 Å². The maximum atomic E-state index is 13.4. The van der Waals surface area contributed by atoms with Crippen LogP contribution in [-0.4, -0.2) is 64.6 Å². The number of carbonyl (C=O) groups excluding carboxylic acids is 1. The quantitative estimate of drug-likeness (QED) is 0.342. The van der Waals surface area contributed by atoms with E-state index in [0.717, 1.165) is 57.5 Å². The number of hydrazine groups is 1. The van der Waals surface area contributed by atoms with Crippen LogP contribution >= 0.6 is 0 Å². The molecule has 1 N–H and O–H groups in total. The van der Waals surface area contributed by atoms with Gasteiger partial charge in [-0.3, -0.25) is 4.79 Å². The number of carbonyl (C=O) groups is 1. The largest absolute Gasteiger partial charge is 0.361 e. The number of halogens is 3. The highest BCUT2D eigenvalue weighted by Crippen LogP contribution is 2.34. The number of aromatic nitrogens is 1. The minimum Gasteiger partial charge on any atom is -0.361 e. The minimum absolute atomic E-state index is 0.118. The Balaban J connectivity index is 1.14. The van der Waals surface area contributed by atoms with Gasteiger partial charge in [0.1, 0.15) is 0 Å². The van der Waals surface area contributed by atoms with Crippen LogP contribution in [0.25, 0.3) is 17.0 Å². The summed E-state index contributed by atoms with van der Waals surface area (Å²) >= 11 is 0. The Kier molecular flexibility index (Phi) is 7.67. The maximum absolute atomic E-state index is 13.4. The molecule has 0 atom stereocenters. The lowest BCUT2D eigenvalue weighted by molar-refractivity contribution is -0.130. The van der Waals surface area contributed by atoms with Crippen LogP contribution in [0.3, 0.4) is 0 Å². The third-order valence-electron chi connectivity index (χ3n) is 7.84. The SMILES string of the molecule is CCN(C1CCN(C(=O)/C=C/c2cc(F)c(F)c(F)c2)CC1)N1CCC(c2c[nH]c3ccccc23)CC1. The fourth-order valence-electron chi connectivity index (χ4n) is 5.88. The van der Waals surface area contributed by atoms with E-state index in [-0.39, 0.29) is 11.5 Å². The molecule has 5 rings (SSSR count). The summed E-state index contributed by atoms with van der Waals surface area (Å²) in [7, 11) is 0. The van der Waals surface area contributed by atoms with Gasteiger partial charge in [0.25, 0.3) is 0 Å². The van der Waals surface area contributed by atoms with Crippen LogP contribution in [0.2, 0.25) is 0 Å². The van der Waals surface area contributed by atoms with Crippen molar-refractivity contribution in [2.75, 3.05) is 32.7 Å². The van der Waals surface area contributed by atoms with Crippen LogP contribution in [0.1, 0.15) is 49.7 Å². The molecule has 0 radical (unpaired) electrons. The second-order valence-corrected chi connectivity index (χ2v) is 9.96. The summed E-state index contributed by atoms with van der Waals surface area (Å²) < 4.78 is 40.0. The van der Waals surface area contributed by atoms with E-state index in [9.17, 15) is 18.0 Å². The fraction of sp³-hybridized carbons (Fsp3) is 0.414. The van der Waals surface area contributed by atoms with Crippen molar-refractivity contribution in [3.8, 4) is 0 Å². The molecule has 3 aromatic rings. The number of benzene rings is 2. The number of aromatic amines is 1. The summed E-state index contributed by atoms with van der Waals surface area (Å²) in [6.07, 6.45) is 8.78. The van der Waals surface area contributed by atoms with E-state index >= 15 is 0 Å². The predicted octanol–water partition coefficient (Wildman–Crippen LogP) is 5.71. The molecule has 1 amide bonds. The Morgan fingerprint density at radius 1 is 1.03 bits per heavy atom. The van der Waals surface area contributed by atoms with E-state index in [1.165, 1.54) is 28.6 Å². The number of fused-ring (bicyclic) bond motifs is 1. The molecular weight excluding hydrogens is 477 g/mol. The molecule has 2 fully saturated rings. The summed E-state index contributed by atoms with van der Waals surface area (Å²) in [5.41, 5.74) is 2.74. The van der Waals surface area contributed by atoms with Crippen LogP contribution in [0.15, 0.2) is 48.7 Å². The van der Waals surface area contributed by atoms with Gasteiger partial charge in [-0.1, -0.05) is 25.1 Å². The third kappa shape index (κ3) is 5.45. The van der Waals surface area contributed by atoms with Crippen molar-refractivity contribution in [1.29, 1.82) is 0 Å². The number of piperidine rings is 2. The van der Waals surface area contributed by atoms with Crippen molar-refractivity contribution in [3.63, 3.8) is 0 Å². The van der Waals surface area contributed by atoms with Crippen molar-refractivity contribution in [2.45, 2.75) is 44.6 Å². The zero-order valence-corrected chi connectivity index (χ0v) is 21.1. The molecule has 5 nitrogen and oxygen atoms in total. The van der Waals surface area contributed by atoms with Crippen molar-refractivity contribution < 1.29 is 18.0 Å². The van der Waals surface area contributed by atoms with Crippen molar-refractivity contribution in [2.24, 2.45) is 0 Å². The highest BCUT2D eigenvalue weighted by atomic mass is 19.2. The minimum atomic E-state index is -1.51. The first-order valence-corrected chi connectivity index (χ1v) is 13.1. The van der Waals surface area contributed by atoms with E-state index < -0.39 is 17.5 Å². The molecule has 2 aliphatic rings. The van der Waals surface area contributed by atoms with Crippen LogP contribution in [0, 0.1) is 17.5 Å². The Morgan fingerprint density at radius 2 is 1.70 bits per heavy atom. The van der Waals surface area contributed by atoms with Crippen molar-refractivity contribution in [3.05, 3.63) is 77.2 Å². The van der Waals surface area contributed by atoms with Crippen LogP contribution < -0.4 is 0 Å². The van der Waals surface area contributed by atoms with Gasteiger partial charge in [-0.05, 0) is 67.0 Å². The molecule has 1 aromatic heterocycles. The lowest BCUT2D eigenvalue weighted by Crippen LogP contribution is -2.55. The number of rotatable bonds is 6. The summed E-state index contributed by atoms with van der Waals surface area (Å²) in [6, 6.07) is 10.6. The van der Waals surface area contributed by atoms with Crippen LogP contribution in [0.4, 0.5) is 13.2 Å². The Bertz CT molecular complexity index is 1250. The Morgan fingerprint density at radius 3 is 2.38 bits per heavy atom. The summed E-state index contributed by atoms with van der Waals surface area (Å²) in [6.45, 7) is 6.41. The number of nitrogens with one attached hydrogen (secondary N) is 1. The van der Waals surface area contributed by atoms with Gasteiger partial charge in [0, 0.05) is 61.9 Å². The lowest BCUT2D eigenvalue weighted by atomic mass is 9.89. The highest BCUT2D eigenvalue weighted by Gasteiger charge is 2.31. The number of H-pyrrole nitrogens is 1. The first-order valence-electron chi connectivity index (χ1n) is 13.1. The maximum Gasteiger partial charge on any atom is 0.246 e. The molecule has 0 bridgehead atoms. The molecule has 0 spiro atoms. The summed E-state index contributed by atoms with van der Waals surface area (Å²) in [5, 5.41) is 6.30. The highest BCUT2D eigenvalue weighted by molar-refractivity contribution is 5.91. The monoisotopic (exact) mass is 510 g/mol. The molecule has 0 saturated carbocycles. The van der Waals surface area contributed by atoms with Gasteiger partial charge in [-0.2, -0.15) is 0 Å². The summed E-state index contributed by atoms with van der Waals surface area (Å²) in [5.74, 6) is -3.68. The van der Waals surface area contributed by atoms with Gasteiger partial charge < -0.3 is 9.88 Å². The number of hydrogen-bond acceptors (Lipinski definition) is 3. The molecule has 37 heavy (non-hydrogen) atoms. The molecule has 2 aromatic carbocycles. The van der Waals surface area contributed by atoms with Crippen molar-refractivity contribution in [1.82, 2.24) is 19.9 Å². The average Bonchev–Trinajstić information content (AvgIpc) is 3.36. The number of para-hydroxylation sites is 1. The predicted molar refractivity (Wildman–Crippen MR) is 139 cm³/mol. The third-order valence-corrected chi connectivity index (χ3v) is 7.84. The van der Waals surface area contributed by atoms with Gasteiger partial charge in [0.2, 0.25) is 5.91 Å². The second-order valence-electron chi connectivity index (χ2n) is 9.96. The van der Waals surface area contributed by atoms with Gasteiger partial charge in [-0.25, -0.2) is 23.2 Å². The number of hydrogen-bond donors (Lipinski definition) is 1. The van der Waals surface area contributed by atoms with Crippen LogP contribution in [0.5, 0.6) is 0 Å². The van der Waals surface area contributed by atoms with Crippen molar-refractivity contribution >= 4 is 22.9 Å². The van der Waals surface area contributed by atoms with Gasteiger partial charge >= 0.3 is 0 Å². The second kappa shape index (κ2) is 11.1. The molecule has 2 saturated heterocycles. The number of amides is 1. The lowest BCUT2D eigenvalue weighted by Gasteiger charge is -2.46. The number of nitrogens with zero attached hydrogens (tertiary/aromatic N) is 3. The van der Waals surface area contributed by atoms with E-state index in [0.29, 0.717) is 25.0 Å². The first kappa shape index (κ1) is 25.5. The molecule has 196 valence electrons. The van der Waals surface area contributed by atoms with E-state index in [2.05, 4.69) is 52.4 Å². The fourth-order valence-corrected chi connectivity index (χ4v) is 5.88. The molecule has 0 unspecified atom stereocenters. The molecule has 3 heterocycles. The number of likely N-dealkylation sites (tertiary alicyclic amines) is 1. The average molecular weight is 511 g/mol. The zero-order valence-electron chi connectivity index (χ0n) is 21.1. The van der Waals surface area contributed by atoms with E-state index in [4.69, 9.17) is 0 Å². The van der Waals surface area contributed by atoms with Gasteiger partial charge in [0.05, 0.1) is 0 Å². The Hall–Kier alpha value is -3.10. The Labute approximate surface area is 215 Å². The smallest absolute Gasteiger partial charge is 0.246 e. The standard InChI is InChI=1S/C29H33F3N4O/c1-2-36(35-15-9-21(10-16-35)24-19-33-27-6-4-3-5-23(24)27)22-11-13-34(14-12-22)28(37)8-7-20-17-25(30)29(32)26(31)18-20/h3-8,17-19,21-22,33H,2,9-16H2,1H3/b8-7+. The molecule has 2 aliphatic heterocycles. The molecule has 0 aliphatic carbocycles. The first-order chi connectivity index (χ1) is 17.9.